The molecule has 1 aromatic rings. The lowest BCUT2D eigenvalue weighted by atomic mass is 9.94. The Morgan fingerprint density at radius 2 is 1.82 bits per heavy atom. The van der Waals surface area contributed by atoms with Gasteiger partial charge in [0.25, 0.3) is 0 Å². The molecule has 0 bridgehead atoms. The fraction of sp³-hybridized carbons (Fsp3) is 0.750. The molecule has 1 unspecified atom stereocenters. The summed E-state index contributed by atoms with van der Waals surface area (Å²) < 4.78 is 0. The average molecular weight is 513 g/mol. The molecule has 1 fully saturated rings. The van der Waals surface area contributed by atoms with Gasteiger partial charge in [-0.3, -0.25) is 9.59 Å². The lowest BCUT2D eigenvalue weighted by Crippen LogP contribution is -2.51. The Labute approximate surface area is 214 Å². The number of thioether (sulfide) groups is 1. The van der Waals surface area contributed by atoms with E-state index in [-0.39, 0.29) is 29.0 Å². The molecule has 0 saturated carbocycles. The number of aromatic nitrogens is 2. The largest absolute Gasteiger partial charge is 0.353 e. The van der Waals surface area contributed by atoms with Gasteiger partial charge in [-0.2, -0.15) is 0 Å². The molecule has 10 heteroatoms. The number of nitrogens with zero attached hydrogens (tertiary/aromatic N) is 5. The van der Waals surface area contributed by atoms with Crippen molar-refractivity contribution in [2.45, 2.75) is 65.6 Å². The normalized spacial score (nSPS) is 15.5. The van der Waals surface area contributed by atoms with Crippen molar-refractivity contribution < 1.29 is 9.59 Å². The summed E-state index contributed by atoms with van der Waals surface area (Å²) in [7, 11) is 0. The van der Waals surface area contributed by atoms with Crippen molar-refractivity contribution in [3.8, 4) is 0 Å². The Bertz CT molecular complexity index is 807. The van der Waals surface area contributed by atoms with Crippen molar-refractivity contribution in [1.82, 2.24) is 25.1 Å². The molecule has 1 atom stereocenters. The summed E-state index contributed by atoms with van der Waals surface area (Å²) in [6.45, 7) is 18.0. The molecule has 8 nitrogen and oxygen atoms in total. The van der Waals surface area contributed by atoms with Crippen LogP contribution in [0.4, 0.5) is 5.82 Å². The van der Waals surface area contributed by atoms with Crippen LogP contribution in [0.3, 0.4) is 0 Å². The van der Waals surface area contributed by atoms with Gasteiger partial charge in [-0.1, -0.05) is 58.0 Å². The molecule has 2 rings (SSSR count). The quantitative estimate of drug-likeness (QED) is 0.276. The molecule has 2 amide bonds. The van der Waals surface area contributed by atoms with Gasteiger partial charge in [0.05, 0.1) is 5.75 Å². The van der Waals surface area contributed by atoms with Crippen molar-refractivity contribution >= 4 is 41.0 Å². The third-order valence-electron chi connectivity index (χ3n) is 5.94. The van der Waals surface area contributed by atoms with Gasteiger partial charge in [0, 0.05) is 43.7 Å². The molecule has 1 aliphatic rings. The molecule has 0 aromatic carbocycles. The van der Waals surface area contributed by atoms with Gasteiger partial charge in [0.15, 0.2) is 5.16 Å². The Balaban J connectivity index is 1.83. The second-order valence-electron chi connectivity index (χ2n) is 9.79. The van der Waals surface area contributed by atoms with E-state index in [2.05, 4.69) is 38.9 Å². The van der Waals surface area contributed by atoms with Gasteiger partial charge in [0.2, 0.25) is 11.8 Å². The van der Waals surface area contributed by atoms with E-state index < -0.39 is 0 Å². The second-order valence-corrected chi connectivity index (χ2v) is 11.1. The summed E-state index contributed by atoms with van der Waals surface area (Å²) in [5, 5.41) is 3.90. The van der Waals surface area contributed by atoms with Gasteiger partial charge in [-0.15, -0.1) is 0 Å². The monoisotopic (exact) mass is 512 g/mol. The highest BCUT2D eigenvalue weighted by Crippen LogP contribution is 2.24. The number of hydrogen-bond donors (Lipinski definition) is 1. The van der Waals surface area contributed by atoms with Crippen LogP contribution in [0.5, 0.6) is 0 Å². The van der Waals surface area contributed by atoms with Crippen molar-refractivity contribution in [2.75, 3.05) is 56.5 Å². The standard InChI is InChI=1S/C24H41ClN6O2S/c1-7-29(8-2)11-9-10-18(3)26-21(32)17-34-23-27-19(25)16-20(28-23)30-12-14-31(15-13-30)22(33)24(4,5)6/h16,18H,7-15,17H2,1-6H3,(H,26,32). The lowest BCUT2D eigenvalue weighted by Gasteiger charge is -2.38. The Morgan fingerprint density at radius 1 is 1.18 bits per heavy atom. The number of halogens is 1. The van der Waals surface area contributed by atoms with E-state index in [1.54, 1.807) is 6.07 Å². The van der Waals surface area contributed by atoms with Crippen molar-refractivity contribution in [3.63, 3.8) is 0 Å². The smallest absolute Gasteiger partial charge is 0.230 e. The maximum atomic E-state index is 12.5. The van der Waals surface area contributed by atoms with Crippen LogP contribution < -0.4 is 10.2 Å². The molecular weight excluding hydrogens is 472 g/mol. The van der Waals surface area contributed by atoms with E-state index in [1.807, 2.05) is 32.6 Å². The molecule has 192 valence electrons. The highest BCUT2D eigenvalue weighted by atomic mass is 35.5. The zero-order chi connectivity index (χ0) is 25.3. The predicted octanol–water partition coefficient (Wildman–Crippen LogP) is 3.54. The maximum Gasteiger partial charge on any atom is 0.230 e. The predicted molar refractivity (Wildman–Crippen MR) is 141 cm³/mol. The topological polar surface area (TPSA) is 81.7 Å². The number of anilines is 1. The Morgan fingerprint density at radius 3 is 2.41 bits per heavy atom. The van der Waals surface area contributed by atoms with Crippen LogP contribution in [-0.2, 0) is 9.59 Å². The van der Waals surface area contributed by atoms with Crippen LogP contribution in [-0.4, -0.2) is 89.2 Å². The molecule has 1 N–H and O–H groups in total. The first kappa shape index (κ1) is 28.7. The lowest BCUT2D eigenvalue weighted by molar-refractivity contribution is -0.139. The van der Waals surface area contributed by atoms with E-state index in [1.165, 1.54) is 11.8 Å². The number of nitrogens with one attached hydrogen (secondary N) is 1. The summed E-state index contributed by atoms with van der Waals surface area (Å²) in [4.78, 5) is 40.3. The molecule has 1 aromatic heterocycles. The minimum atomic E-state index is -0.381. The Kier molecular flexibility index (Phi) is 11.4. The SMILES string of the molecule is CCN(CC)CCCC(C)NC(=O)CSc1nc(Cl)cc(N2CCN(C(=O)C(C)(C)C)CC2)n1. The number of amides is 2. The van der Waals surface area contributed by atoms with E-state index in [0.717, 1.165) is 38.3 Å². The van der Waals surface area contributed by atoms with Crippen LogP contribution in [0.1, 0.15) is 54.4 Å². The molecule has 1 saturated heterocycles. The molecule has 34 heavy (non-hydrogen) atoms. The summed E-state index contributed by atoms with van der Waals surface area (Å²) in [5.74, 6) is 1.11. The summed E-state index contributed by atoms with van der Waals surface area (Å²) in [5.41, 5.74) is -0.381. The van der Waals surface area contributed by atoms with Gasteiger partial charge in [0.1, 0.15) is 11.0 Å². The summed E-state index contributed by atoms with van der Waals surface area (Å²) >= 11 is 7.54. The first-order chi connectivity index (χ1) is 16.0. The van der Waals surface area contributed by atoms with Gasteiger partial charge < -0.3 is 20.0 Å². The zero-order valence-corrected chi connectivity index (χ0v) is 23.1. The van der Waals surface area contributed by atoms with E-state index >= 15 is 0 Å². The van der Waals surface area contributed by atoms with Gasteiger partial charge in [-0.25, -0.2) is 9.97 Å². The van der Waals surface area contributed by atoms with Crippen molar-refractivity contribution in [3.05, 3.63) is 11.2 Å². The molecule has 0 aliphatic carbocycles. The average Bonchev–Trinajstić information content (AvgIpc) is 2.79. The third-order valence-corrected chi connectivity index (χ3v) is 6.98. The van der Waals surface area contributed by atoms with Gasteiger partial charge in [-0.05, 0) is 39.4 Å². The number of hydrogen-bond acceptors (Lipinski definition) is 7. The molecular formula is C24H41ClN6O2S. The fourth-order valence-electron chi connectivity index (χ4n) is 3.90. The zero-order valence-electron chi connectivity index (χ0n) is 21.6. The van der Waals surface area contributed by atoms with Crippen LogP contribution in [0, 0.1) is 5.41 Å². The van der Waals surface area contributed by atoms with Crippen LogP contribution in [0.2, 0.25) is 5.15 Å². The number of carbonyl (C=O) groups is 2. The number of carbonyl (C=O) groups excluding carboxylic acids is 2. The first-order valence-corrected chi connectivity index (χ1v) is 13.6. The van der Waals surface area contributed by atoms with Crippen molar-refractivity contribution in [1.29, 1.82) is 0 Å². The summed E-state index contributed by atoms with van der Waals surface area (Å²) in [6.07, 6.45) is 2.01. The number of rotatable bonds is 11. The highest BCUT2D eigenvalue weighted by Gasteiger charge is 2.30. The van der Waals surface area contributed by atoms with Gasteiger partial charge >= 0.3 is 0 Å². The highest BCUT2D eigenvalue weighted by molar-refractivity contribution is 7.99. The summed E-state index contributed by atoms with van der Waals surface area (Å²) in [6, 6.07) is 1.87. The van der Waals surface area contributed by atoms with E-state index in [4.69, 9.17) is 11.6 Å². The number of piperazine rings is 1. The van der Waals surface area contributed by atoms with E-state index in [9.17, 15) is 9.59 Å². The van der Waals surface area contributed by atoms with E-state index in [0.29, 0.717) is 36.5 Å². The Hall–Kier alpha value is -1.58. The third kappa shape index (κ3) is 9.23. The van der Waals surface area contributed by atoms with Crippen LogP contribution in [0.25, 0.3) is 0 Å². The molecule has 0 radical (unpaired) electrons. The van der Waals surface area contributed by atoms with Crippen LogP contribution >= 0.6 is 23.4 Å². The molecule has 1 aliphatic heterocycles. The second kappa shape index (κ2) is 13.5. The fourth-order valence-corrected chi connectivity index (χ4v) is 4.80. The van der Waals surface area contributed by atoms with Crippen molar-refractivity contribution in [2.24, 2.45) is 5.41 Å². The molecule has 0 spiro atoms. The maximum absolute atomic E-state index is 12.5. The minimum absolute atomic E-state index is 0.0280. The minimum Gasteiger partial charge on any atom is -0.353 e. The van der Waals surface area contributed by atoms with Crippen LogP contribution in [0.15, 0.2) is 11.2 Å². The molecule has 2 heterocycles. The first-order valence-electron chi connectivity index (χ1n) is 12.3.